The summed E-state index contributed by atoms with van der Waals surface area (Å²) in [6.45, 7) is 2.25. The zero-order valence-electron chi connectivity index (χ0n) is 14.1. The summed E-state index contributed by atoms with van der Waals surface area (Å²) in [6.07, 6.45) is 14.1. The van der Waals surface area contributed by atoms with Gasteiger partial charge in [-0.2, -0.15) is 8.42 Å². The van der Waals surface area contributed by atoms with Gasteiger partial charge < -0.3 is 0 Å². The summed E-state index contributed by atoms with van der Waals surface area (Å²) in [7, 11) is -4.06. The van der Waals surface area contributed by atoms with Gasteiger partial charge in [-0.1, -0.05) is 76.8 Å². The Bertz CT molecular complexity index is 498. The second-order valence-electron chi connectivity index (χ2n) is 6.05. The third-order valence-corrected chi connectivity index (χ3v) is 4.91. The van der Waals surface area contributed by atoms with Crippen molar-refractivity contribution in [2.75, 3.05) is 0 Å². The monoisotopic (exact) mass is 433 g/mol. The molecule has 0 spiro atoms. The van der Waals surface area contributed by atoms with Crippen molar-refractivity contribution in [3.05, 3.63) is 29.8 Å². The first-order valence-electron chi connectivity index (χ1n) is 8.60. The van der Waals surface area contributed by atoms with E-state index in [0.717, 1.165) is 18.4 Å². The summed E-state index contributed by atoms with van der Waals surface area (Å²) >= 11 is 0. The predicted molar refractivity (Wildman–Crippen MR) is 91.8 cm³/mol. The molecule has 0 unspecified atom stereocenters. The molecule has 0 amide bonds. The Hall–Kier alpha value is -0.130. The maximum absolute atomic E-state index is 10.9. The molecular weight excluding hydrogens is 404 g/mol. The van der Waals surface area contributed by atoms with Crippen LogP contribution < -0.4 is 0 Å². The summed E-state index contributed by atoms with van der Waals surface area (Å²) in [6, 6.07) is 6.52. The molecule has 0 aliphatic carbocycles. The molecule has 5 heteroatoms. The first-order chi connectivity index (χ1) is 10.5. The molecule has 1 aromatic carbocycles. The van der Waals surface area contributed by atoms with E-state index in [-0.39, 0.29) is 27.3 Å². The van der Waals surface area contributed by atoms with Crippen LogP contribution in [0.3, 0.4) is 0 Å². The fraction of sp³-hybridized carbons (Fsp3) is 0.667. The van der Waals surface area contributed by atoms with E-state index in [1.54, 1.807) is 12.1 Å². The van der Waals surface area contributed by atoms with Gasteiger partial charge in [-0.25, -0.2) is 0 Å². The van der Waals surface area contributed by atoms with Crippen molar-refractivity contribution in [3.8, 4) is 0 Å². The van der Waals surface area contributed by atoms with Crippen LogP contribution in [0.15, 0.2) is 29.2 Å². The minimum absolute atomic E-state index is 0. The molecule has 0 fully saturated rings. The van der Waals surface area contributed by atoms with Crippen molar-refractivity contribution >= 4 is 10.1 Å². The molecule has 0 saturated heterocycles. The number of hydrogen-bond acceptors (Lipinski definition) is 2. The van der Waals surface area contributed by atoms with Crippen LogP contribution in [0, 0.1) is 0 Å². The normalized spacial score (nSPS) is 11.2. The van der Waals surface area contributed by atoms with Crippen LogP contribution in [0.1, 0.15) is 76.7 Å². The topological polar surface area (TPSA) is 54.4 Å². The number of aryl methyl sites for hydroxylation is 1. The summed E-state index contributed by atoms with van der Waals surface area (Å²) in [4.78, 5) is -0.0284. The van der Waals surface area contributed by atoms with Gasteiger partial charge in [0.15, 0.2) is 0 Å². The number of unbranched alkanes of at least 4 members (excludes halogenated alkanes) is 9. The van der Waals surface area contributed by atoms with E-state index >= 15 is 0 Å². The molecule has 1 rings (SSSR count). The van der Waals surface area contributed by atoms with E-state index in [9.17, 15) is 8.42 Å². The van der Waals surface area contributed by atoms with E-state index in [0.29, 0.717) is 0 Å². The molecule has 0 aliphatic heterocycles. The van der Waals surface area contributed by atoms with Crippen LogP contribution in [-0.2, 0) is 38.9 Å². The van der Waals surface area contributed by atoms with Crippen LogP contribution in [0.25, 0.3) is 0 Å². The third-order valence-electron chi connectivity index (χ3n) is 4.04. The van der Waals surface area contributed by atoms with Gasteiger partial charge in [-0.05, 0) is 30.5 Å². The zero-order valence-corrected chi connectivity index (χ0v) is 16.4. The Morgan fingerprint density at radius 3 is 1.65 bits per heavy atom. The molecule has 0 saturated carbocycles. The fourth-order valence-electron chi connectivity index (χ4n) is 2.64. The van der Waals surface area contributed by atoms with Crippen molar-refractivity contribution in [3.63, 3.8) is 0 Å². The molecule has 0 bridgehead atoms. The summed E-state index contributed by atoms with van der Waals surface area (Å²) in [5, 5.41) is 0. The summed E-state index contributed by atoms with van der Waals surface area (Å²) in [5.41, 5.74) is 1.13. The molecule has 1 radical (unpaired) electrons. The van der Waals surface area contributed by atoms with Crippen LogP contribution in [0.2, 0.25) is 0 Å². The Balaban J connectivity index is 0.00000484. The minimum atomic E-state index is -4.06. The first-order valence-corrected chi connectivity index (χ1v) is 10.0. The average Bonchev–Trinajstić information content (AvgIpc) is 2.49. The van der Waals surface area contributed by atoms with Gasteiger partial charge in [0.05, 0.1) is 4.90 Å². The molecule has 0 atom stereocenters. The largest absolute Gasteiger partial charge is 0.294 e. The van der Waals surface area contributed by atoms with Crippen molar-refractivity contribution in [1.82, 2.24) is 0 Å². The quantitative estimate of drug-likeness (QED) is 0.273. The van der Waals surface area contributed by atoms with E-state index < -0.39 is 10.1 Å². The van der Waals surface area contributed by atoms with Crippen LogP contribution in [-0.4, -0.2) is 13.0 Å². The average molecular weight is 434 g/mol. The molecule has 23 heavy (non-hydrogen) atoms. The summed E-state index contributed by atoms with van der Waals surface area (Å²) < 4.78 is 30.8. The Kier molecular flexibility index (Phi) is 13.1. The summed E-state index contributed by atoms with van der Waals surface area (Å²) in [5.74, 6) is 0. The standard InChI is InChI=1S/C18H30O3S.Ag/c1-2-3-4-5-6-7-8-9-10-11-12-17-13-15-18(16-14-17)22(19,20)21;/h13-16H,2-12H2,1H3,(H,19,20,21);. The predicted octanol–water partition coefficient (Wildman–Crippen LogP) is 5.39. The third kappa shape index (κ3) is 11.1. The van der Waals surface area contributed by atoms with Crippen LogP contribution in [0.4, 0.5) is 0 Å². The van der Waals surface area contributed by atoms with Gasteiger partial charge in [-0.15, -0.1) is 0 Å². The van der Waals surface area contributed by atoms with Gasteiger partial charge >= 0.3 is 0 Å². The molecule has 137 valence electrons. The number of benzene rings is 1. The fourth-order valence-corrected chi connectivity index (χ4v) is 3.12. The van der Waals surface area contributed by atoms with Crippen LogP contribution in [0.5, 0.6) is 0 Å². The second-order valence-corrected chi connectivity index (χ2v) is 7.47. The molecule has 0 aliphatic rings. The van der Waals surface area contributed by atoms with Gasteiger partial charge in [0.25, 0.3) is 10.1 Å². The molecule has 0 heterocycles. The SMILES string of the molecule is CCCCCCCCCCCCc1ccc(S(=O)(=O)O)cc1.[Ag]. The minimum Gasteiger partial charge on any atom is -0.282 e. The van der Waals surface area contributed by atoms with Crippen LogP contribution >= 0.6 is 0 Å². The molecule has 1 N–H and O–H groups in total. The van der Waals surface area contributed by atoms with Crippen molar-refractivity contribution in [2.24, 2.45) is 0 Å². The maximum atomic E-state index is 10.9. The zero-order chi connectivity index (χ0) is 16.3. The molecule has 1 aromatic rings. The van der Waals surface area contributed by atoms with Gasteiger partial charge in [0.1, 0.15) is 0 Å². The van der Waals surface area contributed by atoms with E-state index in [1.807, 2.05) is 0 Å². The van der Waals surface area contributed by atoms with Gasteiger partial charge in [-0.3, -0.25) is 4.55 Å². The Morgan fingerprint density at radius 1 is 0.783 bits per heavy atom. The van der Waals surface area contributed by atoms with Crippen molar-refractivity contribution in [2.45, 2.75) is 82.4 Å². The first kappa shape index (κ1) is 22.9. The maximum Gasteiger partial charge on any atom is 0.294 e. The smallest absolute Gasteiger partial charge is 0.282 e. The Labute approximate surface area is 157 Å². The number of hydrogen-bond donors (Lipinski definition) is 1. The number of rotatable bonds is 12. The molecule has 3 nitrogen and oxygen atoms in total. The van der Waals surface area contributed by atoms with Gasteiger partial charge in [0.2, 0.25) is 0 Å². The molecular formula is C18H30AgO3S. The van der Waals surface area contributed by atoms with Gasteiger partial charge in [0, 0.05) is 22.4 Å². The van der Waals surface area contributed by atoms with E-state index in [2.05, 4.69) is 6.92 Å². The van der Waals surface area contributed by atoms with Crippen molar-refractivity contribution < 1.29 is 35.4 Å². The second kappa shape index (κ2) is 13.2. The van der Waals surface area contributed by atoms with E-state index in [4.69, 9.17) is 4.55 Å². The molecule has 0 aromatic heterocycles. The Morgan fingerprint density at radius 2 is 1.22 bits per heavy atom. The van der Waals surface area contributed by atoms with E-state index in [1.165, 1.54) is 69.9 Å². The van der Waals surface area contributed by atoms with Crippen molar-refractivity contribution in [1.29, 1.82) is 0 Å².